The molecule has 13 nitrogen and oxygen atoms in total. The molecule has 306 valence electrons. The molecule has 0 bridgehead atoms. The van der Waals surface area contributed by atoms with Crippen molar-refractivity contribution in [2.75, 3.05) is 132 Å². The third-order valence-electron chi connectivity index (χ3n) is 11.5. The molecule has 0 aliphatic heterocycles. The Balaban J connectivity index is 1.85. The first-order valence-electron chi connectivity index (χ1n) is 19.4. The number of nitrogen functional groups attached to an aromatic ring is 4. The van der Waals surface area contributed by atoms with Crippen LogP contribution in [0.1, 0.15) is 27.8 Å². The molecule has 2 aliphatic rings. The second kappa shape index (κ2) is 14.4. The third-order valence-corrected chi connectivity index (χ3v) is 11.5. The minimum Gasteiger partial charge on any atom is -0.872 e. The Morgan fingerprint density at radius 3 is 1.30 bits per heavy atom. The number of nitrogens with two attached hydrogens (primary N) is 4. The number of nitriles is 1. The smallest absolute Gasteiger partial charge is 0.270 e. The molecule has 0 saturated carbocycles. The van der Waals surface area contributed by atoms with E-state index in [1.54, 1.807) is 0 Å². The van der Waals surface area contributed by atoms with Gasteiger partial charge in [-0.25, -0.2) is 14.7 Å². The van der Waals surface area contributed by atoms with Gasteiger partial charge in [0.1, 0.15) is 14.1 Å². The summed E-state index contributed by atoms with van der Waals surface area (Å²) in [6, 6.07) is 17.3. The number of hydrogen-bond acceptors (Lipinski definition) is 11. The number of allylic oxidation sites excluding steroid dienone is 3. The zero-order valence-corrected chi connectivity index (χ0v) is 36.4. The van der Waals surface area contributed by atoms with Crippen LogP contribution in [0.15, 0.2) is 71.1 Å². The van der Waals surface area contributed by atoms with Crippen LogP contribution < -0.4 is 52.5 Å². The van der Waals surface area contributed by atoms with Gasteiger partial charge in [-0.05, 0) is 59.7 Å². The van der Waals surface area contributed by atoms with Crippen molar-refractivity contribution in [2.24, 2.45) is 0 Å². The van der Waals surface area contributed by atoms with Gasteiger partial charge in [-0.2, -0.15) is 0 Å². The molecular weight excluding hydrogens is 749 g/mol. The second-order valence-electron chi connectivity index (χ2n) is 16.5. The highest BCUT2D eigenvalue weighted by atomic mass is 16.3. The van der Waals surface area contributed by atoms with Crippen molar-refractivity contribution in [1.29, 1.82) is 5.26 Å². The summed E-state index contributed by atoms with van der Waals surface area (Å²) in [5.41, 5.74) is 38.9. The van der Waals surface area contributed by atoms with E-state index >= 15 is 5.11 Å². The van der Waals surface area contributed by atoms with Crippen LogP contribution >= 0.6 is 0 Å². The first-order valence-corrected chi connectivity index (χ1v) is 19.4. The highest BCUT2D eigenvalue weighted by Crippen LogP contribution is 2.60. The average molecular weight is 801 g/mol. The lowest BCUT2D eigenvalue weighted by Gasteiger charge is -2.42. The number of hydrogen-bond donors (Lipinski definition) is 4. The summed E-state index contributed by atoms with van der Waals surface area (Å²) in [6.45, 7) is 8.43. The van der Waals surface area contributed by atoms with Gasteiger partial charge in [0.15, 0.2) is 0 Å². The Labute approximate surface area is 352 Å². The summed E-state index contributed by atoms with van der Waals surface area (Å²) in [5.74, 6) is -0.393. The first kappa shape index (κ1) is 40.7. The maximum Gasteiger partial charge on any atom is 0.270 e. The Hall–Kier alpha value is -7.51. The molecule has 5 aromatic carbocycles. The summed E-state index contributed by atoms with van der Waals surface area (Å²) < 4.78 is 2.04. The van der Waals surface area contributed by atoms with Gasteiger partial charge >= 0.3 is 0 Å². The van der Waals surface area contributed by atoms with Crippen LogP contribution in [-0.4, -0.2) is 94.9 Å². The fourth-order valence-electron chi connectivity index (χ4n) is 9.12. The number of anilines is 9. The first-order chi connectivity index (χ1) is 28.3. The standard InChI is InChI=1S/C47H52N12O/c1-53-27(22-48)36-43(41-32-23(49)14-18-28(54(2)3)37(32)45(58(10)11)38-29(55(4)5)19-15-24(50)33(38)41)47(60)44(36)42-34-25(51)16-20-30(56(6)7)39(34)46(59(12)13)40-31(57(8)9)21-17-26(52)35(40)42/h14-21H,49-52H2,2-13H3. The summed E-state index contributed by atoms with van der Waals surface area (Å²) in [6.07, 6.45) is 0. The summed E-state index contributed by atoms with van der Waals surface area (Å²) in [5, 5.41) is 29.5. The van der Waals surface area contributed by atoms with E-state index in [1.165, 1.54) is 0 Å². The van der Waals surface area contributed by atoms with E-state index in [0.29, 0.717) is 55.8 Å². The minimum absolute atomic E-state index is 0.172. The van der Waals surface area contributed by atoms with E-state index in [2.05, 4.69) is 10.9 Å². The summed E-state index contributed by atoms with van der Waals surface area (Å²) in [7, 11) is 23.5. The van der Waals surface area contributed by atoms with Crippen LogP contribution in [0.3, 0.4) is 0 Å². The molecule has 0 radical (unpaired) electrons. The van der Waals surface area contributed by atoms with Gasteiger partial charge in [-0.1, -0.05) is 5.76 Å². The van der Waals surface area contributed by atoms with E-state index in [1.807, 2.05) is 162 Å². The number of fused-ring (bicyclic) bond motifs is 4. The van der Waals surface area contributed by atoms with Gasteiger partial charge in [-0.3, -0.25) is 0 Å². The zero-order chi connectivity index (χ0) is 44.0. The molecule has 8 N–H and O–H groups in total. The second-order valence-corrected chi connectivity index (χ2v) is 16.5. The van der Waals surface area contributed by atoms with Gasteiger partial charge in [0.25, 0.3) is 5.70 Å². The van der Waals surface area contributed by atoms with Gasteiger partial charge in [-0.15, -0.1) is 0 Å². The topological polar surface area (TPSA) is 175 Å². The molecule has 0 heterocycles. The molecule has 60 heavy (non-hydrogen) atoms. The maximum absolute atomic E-state index is 15.9. The fraction of sp³-hybridized carbons (Fsp3) is 0.255. The molecule has 5 aromatic rings. The van der Waals surface area contributed by atoms with Gasteiger partial charge in [0.05, 0.1) is 40.8 Å². The van der Waals surface area contributed by atoms with E-state index in [0.717, 1.165) is 56.0 Å². The van der Waals surface area contributed by atoms with Crippen molar-refractivity contribution < 1.29 is 9.68 Å². The Morgan fingerprint density at radius 2 is 0.950 bits per heavy atom. The fourth-order valence-corrected chi connectivity index (χ4v) is 9.12. The van der Waals surface area contributed by atoms with E-state index in [-0.39, 0.29) is 22.4 Å². The SMILES string of the molecule is [C-]#[N+]/C(C#N)=C1\C(=C2c3c(N)ccc(N(C)C)c3C(=[N+](C)C)c3c(N(C)C)ccc(N)c32)C([O-])=C1c1c2c(N)ccc(N(C)C)c2c(N(C)C)c2c(N(C)C)ccc(N)c12. The van der Waals surface area contributed by atoms with Gasteiger partial charge in [0.2, 0.25) is 5.71 Å². The molecule has 0 atom stereocenters. The monoisotopic (exact) mass is 800 g/mol. The molecule has 0 saturated heterocycles. The predicted octanol–water partition coefficient (Wildman–Crippen LogP) is 5.36. The van der Waals surface area contributed by atoms with Crippen LogP contribution in [-0.2, 0) is 0 Å². The molecule has 0 amide bonds. The number of benzene rings is 5. The maximum atomic E-state index is 15.9. The highest BCUT2D eigenvalue weighted by molar-refractivity contribution is 6.33. The number of rotatable bonds is 6. The third kappa shape index (κ3) is 5.61. The largest absolute Gasteiger partial charge is 0.872 e. The predicted molar refractivity (Wildman–Crippen MR) is 251 cm³/mol. The average Bonchev–Trinajstić information content (AvgIpc) is 3.17. The van der Waals surface area contributed by atoms with E-state index in [9.17, 15) is 5.26 Å². The Kier molecular flexibility index (Phi) is 9.76. The quantitative estimate of drug-likeness (QED) is 0.0562. The molecule has 0 unspecified atom stereocenters. The highest BCUT2D eigenvalue weighted by Gasteiger charge is 2.43. The zero-order valence-electron chi connectivity index (χ0n) is 36.4. The lowest BCUT2D eigenvalue weighted by molar-refractivity contribution is -0.463. The van der Waals surface area contributed by atoms with Crippen molar-refractivity contribution >= 4 is 89.6 Å². The molecule has 0 spiro atoms. The molecular formula is C47H52N12O. The molecule has 0 fully saturated rings. The van der Waals surface area contributed by atoms with Crippen molar-refractivity contribution in [3.05, 3.63) is 110 Å². The molecule has 2 aliphatic carbocycles. The molecule has 0 aromatic heterocycles. The molecule has 7 rings (SSSR count). The van der Waals surface area contributed by atoms with Crippen molar-refractivity contribution in [3.8, 4) is 6.07 Å². The van der Waals surface area contributed by atoms with E-state index < -0.39 is 5.76 Å². The summed E-state index contributed by atoms with van der Waals surface area (Å²) in [4.78, 5) is 13.9. The Morgan fingerprint density at radius 1 is 0.550 bits per heavy atom. The van der Waals surface area contributed by atoms with Crippen molar-refractivity contribution in [3.63, 3.8) is 0 Å². The van der Waals surface area contributed by atoms with Crippen LogP contribution in [0, 0.1) is 17.9 Å². The normalized spacial score (nSPS) is 14.0. The minimum atomic E-state index is -0.393. The van der Waals surface area contributed by atoms with E-state index in [4.69, 9.17) is 29.5 Å². The lowest BCUT2D eigenvalue weighted by atomic mass is 9.68. The van der Waals surface area contributed by atoms with Crippen molar-refractivity contribution in [2.45, 2.75) is 0 Å². The van der Waals surface area contributed by atoms with Crippen LogP contribution in [0.4, 0.5) is 51.2 Å². The molecule has 13 heteroatoms. The van der Waals surface area contributed by atoms with Crippen LogP contribution in [0.2, 0.25) is 0 Å². The van der Waals surface area contributed by atoms with Crippen LogP contribution in [0.5, 0.6) is 0 Å². The van der Waals surface area contributed by atoms with Gasteiger partial charge < -0.3 is 52.5 Å². The summed E-state index contributed by atoms with van der Waals surface area (Å²) >= 11 is 0. The number of nitrogens with zero attached hydrogens (tertiary/aromatic N) is 8. The lowest BCUT2D eigenvalue weighted by Crippen LogP contribution is -2.32. The van der Waals surface area contributed by atoms with Crippen molar-refractivity contribution in [1.82, 2.24) is 0 Å². The van der Waals surface area contributed by atoms with Gasteiger partial charge in [0, 0.05) is 154 Å². The Bertz CT molecular complexity index is 2780. The van der Waals surface area contributed by atoms with Crippen LogP contribution in [0.25, 0.3) is 37.5 Å².